The largest absolute Gasteiger partial charge is 0.256 e. The molecule has 5 aromatic carbocycles. The minimum Gasteiger partial charge on any atom is -0.256 e. The lowest BCUT2D eigenvalue weighted by Crippen LogP contribution is -1.94. The second-order valence-corrected chi connectivity index (χ2v) is 11.8. The molecule has 46 heavy (non-hydrogen) atoms. The number of fused-ring (bicyclic) bond motifs is 7. The van der Waals surface area contributed by atoms with E-state index in [-0.39, 0.29) is 0 Å². The molecule has 0 aliphatic heterocycles. The minimum absolute atomic E-state index is 0.815. The Hall–Kier alpha value is -6.26. The Morgan fingerprint density at radius 3 is 1.72 bits per heavy atom. The molecule has 4 nitrogen and oxygen atoms in total. The Morgan fingerprint density at radius 1 is 0.326 bits per heavy atom. The van der Waals surface area contributed by atoms with E-state index in [4.69, 9.17) is 15.0 Å². The van der Waals surface area contributed by atoms with Gasteiger partial charge in [0.25, 0.3) is 0 Å². The van der Waals surface area contributed by atoms with Crippen molar-refractivity contribution in [1.82, 2.24) is 19.9 Å². The van der Waals surface area contributed by atoms with Crippen molar-refractivity contribution in [2.24, 2.45) is 0 Å². The molecule has 0 unspecified atom stereocenters. The monoisotopic (exact) mass is 584 g/mol. The number of benzene rings is 5. The SMILES string of the molecule is c1cc(-c2ccc3ccc4ccc(-c5ccc6c7c(cccc57)-c5ccccc5-6)nc4c3n2)nc(-c2cccc3ncccc23)c1. The van der Waals surface area contributed by atoms with Crippen LogP contribution in [-0.4, -0.2) is 19.9 Å². The normalized spacial score (nSPS) is 11.9. The highest BCUT2D eigenvalue weighted by Crippen LogP contribution is 2.49. The minimum atomic E-state index is 0.815. The summed E-state index contributed by atoms with van der Waals surface area (Å²) in [4.78, 5) is 20.1. The summed E-state index contributed by atoms with van der Waals surface area (Å²) in [6.07, 6.45) is 1.82. The van der Waals surface area contributed by atoms with Crippen molar-refractivity contribution in [2.75, 3.05) is 0 Å². The summed E-state index contributed by atoms with van der Waals surface area (Å²) >= 11 is 0. The number of hydrogen-bond acceptors (Lipinski definition) is 4. The van der Waals surface area contributed by atoms with E-state index in [1.165, 1.54) is 33.0 Å². The maximum Gasteiger partial charge on any atom is 0.0973 e. The van der Waals surface area contributed by atoms with Crippen molar-refractivity contribution in [3.63, 3.8) is 0 Å². The summed E-state index contributed by atoms with van der Waals surface area (Å²) in [5.74, 6) is 0. The van der Waals surface area contributed by atoms with Gasteiger partial charge in [0.15, 0.2) is 0 Å². The van der Waals surface area contributed by atoms with Crippen LogP contribution in [0.2, 0.25) is 0 Å². The molecule has 0 radical (unpaired) electrons. The molecule has 0 spiro atoms. The van der Waals surface area contributed by atoms with E-state index in [9.17, 15) is 0 Å². The molecular formula is C42H24N4. The van der Waals surface area contributed by atoms with Crippen LogP contribution in [0, 0.1) is 0 Å². The van der Waals surface area contributed by atoms with Gasteiger partial charge >= 0.3 is 0 Å². The molecule has 0 amide bonds. The summed E-state index contributed by atoms with van der Waals surface area (Å²) in [6, 6.07) is 48.8. The van der Waals surface area contributed by atoms with Gasteiger partial charge in [-0.15, -0.1) is 0 Å². The molecule has 4 aromatic heterocycles. The van der Waals surface area contributed by atoms with Crippen LogP contribution in [0.1, 0.15) is 0 Å². The second-order valence-electron chi connectivity index (χ2n) is 11.8. The van der Waals surface area contributed by atoms with Crippen molar-refractivity contribution in [3.05, 3.63) is 146 Å². The summed E-state index contributed by atoms with van der Waals surface area (Å²) in [5.41, 5.74) is 13.5. The molecular weight excluding hydrogens is 560 g/mol. The molecule has 1 aliphatic carbocycles. The van der Waals surface area contributed by atoms with Gasteiger partial charge in [0.05, 0.1) is 39.3 Å². The molecule has 9 aromatic rings. The number of nitrogens with zero attached hydrogens (tertiary/aromatic N) is 4. The van der Waals surface area contributed by atoms with Crippen molar-refractivity contribution >= 4 is 43.5 Å². The van der Waals surface area contributed by atoms with E-state index in [2.05, 4.69) is 108 Å². The van der Waals surface area contributed by atoms with Gasteiger partial charge in [-0.25, -0.2) is 15.0 Å². The topological polar surface area (TPSA) is 51.6 Å². The third-order valence-corrected chi connectivity index (χ3v) is 9.28. The fourth-order valence-corrected chi connectivity index (χ4v) is 7.15. The highest BCUT2D eigenvalue weighted by Gasteiger charge is 2.22. The molecule has 0 saturated heterocycles. The van der Waals surface area contributed by atoms with E-state index >= 15 is 0 Å². The number of aromatic nitrogens is 4. The first kappa shape index (κ1) is 25.1. The van der Waals surface area contributed by atoms with Crippen LogP contribution in [0.15, 0.2) is 146 Å². The molecule has 0 bridgehead atoms. The van der Waals surface area contributed by atoms with Gasteiger partial charge in [-0.05, 0) is 69.4 Å². The van der Waals surface area contributed by atoms with E-state index in [1.807, 2.05) is 42.6 Å². The van der Waals surface area contributed by atoms with Crippen molar-refractivity contribution < 1.29 is 0 Å². The Balaban J connectivity index is 1.13. The Labute approximate surface area is 264 Å². The van der Waals surface area contributed by atoms with Crippen LogP contribution in [-0.2, 0) is 0 Å². The molecule has 0 atom stereocenters. The zero-order chi connectivity index (χ0) is 30.2. The Morgan fingerprint density at radius 2 is 0.870 bits per heavy atom. The van der Waals surface area contributed by atoms with E-state index in [1.54, 1.807) is 0 Å². The fraction of sp³-hybridized carbons (Fsp3) is 0. The average molecular weight is 585 g/mol. The van der Waals surface area contributed by atoms with Gasteiger partial charge in [0.1, 0.15) is 0 Å². The predicted octanol–water partition coefficient (Wildman–Crippen LogP) is 10.5. The Bertz CT molecular complexity index is 2680. The van der Waals surface area contributed by atoms with E-state index < -0.39 is 0 Å². The molecule has 0 saturated carbocycles. The highest BCUT2D eigenvalue weighted by atomic mass is 14.8. The summed E-state index contributed by atoms with van der Waals surface area (Å²) in [6.45, 7) is 0. The fourth-order valence-electron chi connectivity index (χ4n) is 7.15. The highest BCUT2D eigenvalue weighted by molar-refractivity contribution is 6.18. The first-order valence-corrected chi connectivity index (χ1v) is 15.5. The third-order valence-electron chi connectivity index (χ3n) is 9.28. The van der Waals surface area contributed by atoms with Gasteiger partial charge in [-0.1, -0.05) is 103 Å². The van der Waals surface area contributed by atoms with Crippen LogP contribution >= 0.6 is 0 Å². The van der Waals surface area contributed by atoms with Gasteiger partial charge < -0.3 is 0 Å². The number of rotatable bonds is 3. The standard InChI is InChI=1S/C42H24N4/c1-2-8-28-27(7-1)32-10-3-11-33-31(20-21-34(28)40(32)33)37-22-18-25-16-17-26-19-23-39(46-42(26)41(25)45-37)38-15-5-14-36(44-38)30-9-4-13-35-29(30)12-6-24-43-35/h1-24H. The zero-order valence-electron chi connectivity index (χ0n) is 24.6. The molecule has 1 aliphatic rings. The van der Waals surface area contributed by atoms with Crippen LogP contribution in [0.5, 0.6) is 0 Å². The van der Waals surface area contributed by atoms with Crippen molar-refractivity contribution in [2.45, 2.75) is 0 Å². The van der Waals surface area contributed by atoms with E-state index in [0.717, 1.165) is 66.6 Å². The molecule has 4 heteroatoms. The lowest BCUT2D eigenvalue weighted by atomic mass is 9.96. The van der Waals surface area contributed by atoms with Crippen LogP contribution < -0.4 is 0 Å². The van der Waals surface area contributed by atoms with Crippen molar-refractivity contribution in [3.8, 4) is 56.2 Å². The van der Waals surface area contributed by atoms with Gasteiger partial charge in [0, 0.05) is 33.5 Å². The lowest BCUT2D eigenvalue weighted by molar-refractivity contribution is 1.28. The maximum absolute atomic E-state index is 5.30. The second kappa shape index (κ2) is 9.62. The molecule has 0 fully saturated rings. The lowest BCUT2D eigenvalue weighted by Gasteiger charge is -2.11. The molecule has 10 rings (SSSR count). The first-order chi connectivity index (χ1) is 22.8. The van der Waals surface area contributed by atoms with Crippen LogP contribution in [0.25, 0.3) is 99.6 Å². The van der Waals surface area contributed by atoms with Crippen LogP contribution in [0.4, 0.5) is 0 Å². The summed E-state index contributed by atoms with van der Waals surface area (Å²) in [5, 5.41) is 5.71. The summed E-state index contributed by atoms with van der Waals surface area (Å²) < 4.78 is 0. The predicted molar refractivity (Wildman–Crippen MR) is 188 cm³/mol. The molecule has 4 heterocycles. The quantitative estimate of drug-likeness (QED) is 0.194. The average Bonchev–Trinajstić information content (AvgIpc) is 3.46. The van der Waals surface area contributed by atoms with E-state index in [0.29, 0.717) is 0 Å². The number of pyridine rings is 4. The maximum atomic E-state index is 5.30. The zero-order valence-corrected chi connectivity index (χ0v) is 24.6. The summed E-state index contributed by atoms with van der Waals surface area (Å²) in [7, 11) is 0. The third kappa shape index (κ3) is 3.67. The van der Waals surface area contributed by atoms with Gasteiger partial charge in [0.2, 0.25) is 0 Å². The Kier molecular flexibility index (Phi) is 5.25. The first-order valence-electron chi connectivity index (χ1n) is 15.5. The van der Waals surface area contributed by atoms with Gasteiger partial charge in [-0.2, -0.15) is 0 Å². The van der Waals surface area contributed by atoms with Gasteiger partial charge in [-0.3, -0.25) is 4.98 Å². The number of hydrogen-bond donors (Lipinski definition) is 0. The molecule has 212 valence electrons. The van der Waals surface area contributed by atoms with Crippen molar-refractivity contribution in [1.29, 1.82) is 0 Å². The molecule has 0 N–H and O–H groups in total. The van der Waals surface area contributed by atoms with Crippen LogP contribution in [0.3, 0.4) is 0 Å². The smallest absolute Gasteiger partial charge is 0.0973 e.